The van der Waals surface area contributed by atoms with E-state index in [9.17, 15) is 4.57 Å². The van der Waals surface area contributed by atoms with Crippen LogP contribution < -0.4 is 5.73 Å². The molecule has 0 aliphatic rings. The van der Waals surface area contributed by atoms with Crippen molar-refractivity contribution in [2.75, 3.05) is 18.7 Å². The van der Waals surface area contributed by atoms with Gasteiger partial charge in [0.2, 0.25) is 5.95 Å². The summed E-state index contributed by atoms with van der Waals surface area (Å²) in [7, 11) is -3.35. The molecular formula is C16H25ClN5O4P. The van der Waals surface area contributed by atoms with Gasteiger partial charge in [-0.1, -0.05) is 18.2 Å². The van der Waals surface area contributed by atoms with Crippen LogP contribution in [0.15, 0.2) is 18.5 Å². The van der Waals surface area contributed by atoms with E-state index in [1.165, 1.54) is 0 Å². The summed E-state index contributed by atoms with van der Waals surface area (Å²) in [4.78, 5) is 12.2. The lowest BCUT2D eigenvalue weighted by Crippen LogP contribution is -2.13. The fraction of sp³-hybridized carbons (Fsp3) is 0.562. The van der Waals surface area contributed by atoms with Crippen molar-refractivity contribution in [3.63, 3.8) is 0 Å². The summed E-state index contributed by atoms with van der Waals surface area (Å²) in [6, 6.07) is 0. The summed E-state index contributed by atoms with van der Waals surface area (Å²) in [5, 5.41) is 0.190. The van der Waals surface area contributed by atoms with Crippen LogP contribution in [0.2, 0.25) is 5.15 Å². The molecule has 2 aromatic heterocycles. The van der Waals surface area contributed by atoms with E-state index in [1.807, 2.05) is 0 Å². The summed E-state index contributed by atoms with van der Waals surface area (Å²) >= 11 is 6.02. The lowest BCUT2D eigenvalue weighted by molar-refractivity contribution is 0.105. The van der Waals surface area contributed by atoms with Crippen LogP contribution in [0.1, 0.15) is 27.7 Å². The van der Waals surface area contributed by atoms with Gasteiger partial charge in [0.05, 0.1) is 25.1 Å². The molecule has 27 heavy (non-hydrogen) atoms. The van der Waals surface area contributed by atoms with Crippen molar-refractivity contribution in [3.8, 4) is 0 Å². The van der Waals surface area contributed by atoms with E-state index in [2.05, 4.69) is 21.5 Å². The van der Waals surface area contributed by atoms with Gasteiger partial charge >= 0.3 is 7.60 Å². The Morgan fingerprint density at radius 1 is 1.30 bits per heavy atom. The summed E-state index contributed by atoms with van der Waals surface area (Å²) in [6.07, 6.45) is 0.931. The molecule has 9 nitrogen and oxygen atoms in total. The van der Waals surface area contributed by atoms with Crippen molar-refractivity contribution in [1.82, 2.24) is 19.5 Å². The Bertz CT molecular complexity index is 841. The van der Waals surface area contributed by atoms with Gasteiger partial charge in [-0.05, 0) is 33.3 Å². The molecule has 0 bridgehead atoms. The number of ether oxygens (including phenoxy) is 1. The van der Waals surface area contributed by atoms with Crippen LogP contribution >= 0.6 is 19.2 Å². The van der Waals surface area contributed by atoms with Gasteiger partial charge in [0.15, 0.2) is 10.8 Å². The van der Waals surface area contributed by atoms with Gasteiger partial charge in [0.25, 0.3) is 0 Å². The highest BCUT2D eigenvalue weighted by atomic mass is 35.5. The Hall–Kier alpha value is -1.51. The van der Waals surface area contributed by atoms with Gasteiger partial charge in [0.1, 0.15) is 11.9 Å². The number of aromatic nitrogens is 4. The molecule has 0 fully saturated rings. The third-order valence-electron chi connectivity index (χ3n) is 3.13. The Morgan fingerprint density at radius 2 is 1.93 bits per heavy atom. The normalized spacial score (nSPS) is 12.4. The van der Waals surface area contributed by atoms with Gasteiger partial charge in [-0.15, -0.1) is 0 Å². The molecule has 0 spiro atoms. The fourth-order valence-electron chi connectivity index (χ4n) is 2.36. The predicted molar refractivity (Wildman–Crippen MR) is 105 cm³/mol. The topological polar surface area (TPSA) is 114 Å². The second-order valence-corrected chi connectivity index (χ2v) is 8.82. The molecule has 0 aliphatic heterocycles. The van der Waals surface area contributed by atoms with Crippen molar-refractivity contribution in [3.05, 3.63) is 23.6 Å². The number of nitrogens with zero attached hydrogens (tertiary/aromatic N) is 4. The smallest absolute Gasteiger partial charge is 0.356 e. The molecule has 2 N–H and O–H groups in total. The Labute approximate surface area is 163 Å². The van der Waals surface area contributed by atoms with Crippen LogP contribution in [0.4, 0.5) is 5.95 Å². The first kappa shape index (κ1) is 21.8. The van der Waals surface area contributed by atoms with E-state index in [1.54, 1.807) is 38.6 Å². The van der Waals surface area contributed by atoms with Gasteiger partial charge in [-0.2, -0.15) is 9.97 Å². The molecular weight excluding hydrogens is 393 g/mol. The first-order valence-corrected chi connectivity index (χ1v) is 10.5. The van der Waals surface area contributed by atoms with Crippen molar-refractivity contribution < 1.29 is 18.3 Å². The van der Waals surface area contributed by atoms with Crippen molar-refractivity contribution in [1.29, 1.82) is 0 Å². The van der Waals surface area contributed by atoms with Crippen LogP contribution in [0.3, 0.4) is 0 Å². The van der Waals surface area contributed by atoms with E-state index >= 15 is 0 Å². The molecule has 2 aromatic rings. The SMILES string of the molecule is C=C(COCP(=O)(OC(C)C)OC(C)C)Cn1cnc2c(Cl)nc(N)nc21. The second-order valence-electron chi connectivity index (χ2n) is 6.56. The highest BCUT2D eigenvalue weighted by Gasteiger charge is 2.28. The monoisotopic (exact) mass is 417 g/mol. The number of rotatable bonds is 10. The highest BCUT2D eigenvalue weighted by Crippen LogP contribution is 2.50. The number of hydrogen-bond acceptors (Lipinski definition) is 8. The summed E-state index contributed by atoms with van der Waals surface area (Å²) in [5.41, 5.74) is 7.31. The van der Waals surface area contributed by atoms with Gasteiger partial charge in [-0.25, -0.2) is 4.98 Å². The van der Waals surface area contributed by atoms with E-state index in [4.69, 9.17) is 31.1 Å². The standard InChI is InChI=1S/C16H25ClN5O4P/c1-10(2)25-27(23,26-11(3)4)9-24-7-12(5)6-22-8-19-13-14(17)20-16(18)21-15(13)22/h8,10-11H,5-7,9H2,1-4H3,(H2,18,20,21). The predicted octanol–water partition coefficient (Wildman–Crippen LogP) is 3.64. The molecule has 0 saturated heterocycles. The molecule has 0 unspecified atom stereocenters. The summed E-state index contributed by atoms with van der Waals surface area (Å²) in [6.45, 7) is 11.7. The number of halogens is 1. The zero-order valence-corrected chi connectivity index (χ0v) is 17.5. The molecule has 0 atom stereocenters. The van der Waals surface area contributed by atoms with Crippen LogP contribution in [0, 0.1) is 0 Å². The van der Waals surface area contributed by atoms with E-state index in [0.29, 0.717) is 23.3 Å². The summed E-state index contributed by atoms with van der Waals surface area (Å²) in [5.74, 6) is 0.0636. The molecule has 11 heteroatoms. The molecule has 2 heterocycles. The third kappa shape index (κ3) is 6.26. The van der Waals surface area contributed by atoms with Crippen LogP contribution in [0.25, 0.3) is 11.2 Å². The maximum atomic E-state index is 12.7. The number of nitrogen functional groups attached to an aromatic ring is 1. The maximum Gasteiger partial charge on any atom is 0.356 e. The average molecular weight is 418 g/mol. The van der Waals surface area contributed by atoms with Crippen molar-refractivity contribution >= 4 is 36.3 Å². The largest absolute Gasteiger partial charge is 0.368 e. The van der Waals surface area contributed by atoms with Crippen molar-refractivity contribution in [2.24, 2.45) is 0 Å². The Kier molecular flexibility index (Phi) is 7.36. The zero-order valence-electron chi connectivity index (χ0n) is 15.9. The first-order valence-electron chi connectivity index (χ1n) is 8.43. The number of hydrogen-bond donors (Lipinski definition) is 1. The number of fused-ring (bicyclic) bond motifs is 1. The van der Waals surface area contributed by atoms with Crippen LogP contribution in [-0.2, 0) is 24.9 Å². The minimum Gasteiger partial charge on any atom is -0.368 e. The van der Waals surface area contributed by atoms with Crippen LogP contribution in [-0.4, -0.2) is 44.7 Å². The van der Waals surface area contributed by atoms with Gasteiger partial charge in [-0.3, -0.25) is 4.57 Å². The second kappa shape index (κ2) is 9.12. The molecule has 0 aliphatic carbocycles. The molecule has 0 radical (unpaired) electrons. The lowest BCUT2D eigenvalue weighted by atomic mass is 10.3. The maximum absolute atomic E-state index is 12.7. The van der Waals surface area contributed by atoms with E-state index in [-0.39, 0.29) is 36.3 Å². The third-order valence-corrected chi connectivity index (χ3v) is 5.38. The van der Waals surface area contributed by atoms with Gasteiger partial charge in [0, 0.05) is 6.54 Å². The molecule has 0 aromatic carbocycles. The van der Waals surface area contributed by atoms with E-state index < -0.39 is 7.60 Å². The quantitative estimate of drug-likeness (QED) is 0.354. The minimum absolute atomic E-state index is 0.0636. The van der Waals surface area contributed by atoms with E-state index in [0.717, 1.165) is 0 Å². The first-order chi connectivity index (χ1) is 12.6. The van der Waals surface area contributed by atoms with Gasteiger partial charge < -0.3 is 24.1 Å². The highest BCUT2D eigenvalue weighted by molar-refractivity contribution is 7.53. The fourth-order valence-corrected chi connectivity index (χ4v) is 4.35. The average Bonchev–Trinajstić information content (AvgIpc) is 2.88. The molecule has 0 amide bonds. The number of imidazole rings is 1. The van der Waals surface area contributed by atoms with Crippen LogP contribution in [0.5, 0.6) is 0 Å². The summed E-state index contributed by atoms with van der Waals surface area (Å²) < 4.78 is 30.9. The molecule has 2 rings (SSSR count). The number of nitrogens with two attached hydrogens (primary N) is 1. The molecule has 0 saturated carbocycles. The number of anilines is 1. The van der Waals surface area contributed by atoms with Crippen molar-refractivity contribution in [2.45, 2.75) is 46.4 Å². The molecule has 150 valence electrons. The Morgan fingerprint density at radius 3 is 2.52 bits per heavy atom. The minimum atomic E-state index is -3.35. The lowest BCUT2D eigenvalue weighted by Gasteiger charge is -2.22. The zero-order chi connectivity index (χ0) is 20.2. The Balaban J connectivity index is 1.97.